The Kier molecular flexibility index (Phi) is 4.49. The maximum absolute atomic E-state index is 12.8. The van der Waals surface area contributed by atoms with Crippen molar-refractivity contribution in [1.82, 2.24) is 24.4 Å². The normalized spacial score (nSPS) is 18.0. The number of hydrogen-bond donors (Lipinski definition) is 1. The lowest BCUT2D eigenvalue weighted by atomic mass is 9.97. The standard InChI is InChI=1S/C20H25N5O/c1-14(2)20-21-9-11-25(20)13-18(26)24-10-5-6-15(12-24)19-22-16-7-3-4-8-17(16)23-19/h3-4,7-9,11,14-15H,5-6,10,12-13H2,1-2H3,(H,22,23). The second-order valence-corrected chi connectivity index (χ2v) is 7.39. The lowest BCUT2D eigenvalue weighted by Gasteiger charge is -2.32. The molecule has 0 radical (unpaired) electrons. The van der Waals surface area contributed by atoms with Crippen LogP contribution >= 0.6 is 0 Å². The highest BCUT2D eigenvalue weighted by Crippen LogP contribution is 2.27. The fraction of sp³-hybridized carbons (Fsp3) is 0.450. The smallest absolute Gasteiger partial charge is 0.242 e. The number of aromatic amines is 1. The Balaban J connectivity index is 1.47. The summed E-state index contributed by atoms with van der Waals surface area (Å²) >= 11 is 0. The van der Waals surface area contributed by atoms with Gasteiger partial charge in [0.05, 0.1) is 11.0 Å². The van der Waals surface area contributed by atoms with Crippen LogP contribution in [0.5, 0.6) is 0 Å². The molecule has 6 nitrogen and oxygen atoms in total. The van der Waals surface area contributed by atoms with E-state index in [0.717, 1.165) is 48.6 Å². The minimum Gasteiger partial charge on any atom is -0.342 e. The number of carbonyl (C=O) groups is 1. The number of para-hydroxylation sites is 2. The molecule has 1 aliphatic rings. The van der Waals surface area contributed by atoms with Crippen LogP contribution < -0.4 is 0 Å². The van der Waals surface area contributed by atoms with Crippen LogP contribution in [0.4, 0.5) is 0 Å². The Morgan fingerprint density at radius 1 is 1.35 bits per heavy atom. The van der Waals surface area contributed by atoms with E-state index in [4.69, 9.17) is 4.98 Å². The first-order valence-corrected chi connectivity index (χ1v) is 9.35. The third-order valence-electron chi connectivity index (χ3n) is 5.14. The minimum atomic E-state index is 0.158. The van der Waals surface area contributed by atoms with Gasteiger partial charge in [-0.3, -0.25) is 4.79 Å². The highest BCUT2D eigenvalue weighted by Gasteiger charge is 2.27. The third kappa shape index (κ3) is 3.23. The molecule has 1 amide bonds. The van der Waals surface area contributed by atoms with Crippen molar-refractivity contribution < 1.29 is 4.79 Å². The summed E-state index contributed by atoms with van der Waals surface area (Å²) in [6.45, 7) is 6.11. The molecule has 2 aromatic heterocycles. The van der Waals surface area contributed by atoms with Crippen LogP contribution in [0, 0.1) is 0 Å². The quantitative estimate of drug-likeness (QED) is 0.784. The molecule has 6 heteroatoms. The number of fused-ring (bicyclic) bond motifs is 1. The highest BCUT2D eigenvalue weighted by atomic mass is 16.2. The maximum atomic E-state index is 12.8. The van der Waals surface area contributed by atoms with Gasteiger partial charge in [0.25, 0.3) is 0 Å². The van der Waals surface area contributed by atoms with Gasteiger partial charge in [0, 0.05) is 37.3 Å². The van der Waals surface area contributed by atoms with Crippen LogP contribution in [0.2, 0.25) is 0 Å². The topological polar surface area (TPSA) is 66.8 Å². The molecule has 1 atom stereocenters. The van der Waals surface area contributed by atoms with E-state index < -0.39 is 0 Å². The number of nitrogens with one attached hydrogen (secondary N) is 1. The molecule has 1 aromatic carbocycles. The predicted octanol–water partition coefficient (Wildman–Crippen LogP) is 3.29. The summed E-state index contributed by atoms with van der Waals surface area (Å²) in [5.41, 5.74) is 2.05. The van der Waals surface area contributed by atoms with Gasteiger partial charge in [-0.1, -0.05) is 26.0 Å². The summed E-state index contributed by atoms with van der Waals surface area (Å²) in [4.78, 5) is 27.4. The fourth-order valence-corrected chi connectivity index (χ4v) is 3.79. The molecule has 0 spiro atoms. The molecule has 3 aromatic rings. The summed E-state index contributed by atoms with van der Waals surface area (Å²) in [6.07, 6.45) is 5.74. The van der Waals surface area contributed by atoms with Gasteiger partial charge in [-0.15, -0.1) is 0 Å². The van der Waals surface area contributed by atoms with Crippen molar-refractivity contribution in [2.45, 2.75) is 45.1 Å². The van der Waals surface area contributed by atoms with E-state index in [0.29, 0.717) is 12.5 Å². The average Bonchev–Trinajstić information content (AvgIpc) is 3.28. The van der Waals surface area contributed by atoms with E-state index in [9.17, 15) is 4.79 Å². The van der Waals surface area contributed by atoms with E-state index in [1.165, 1.54) is 0 Å². The van der Waals surface area contributed by atoms with Crippen molar-refractivity contribution in [1.29, 1.82) is 0 Å². The second-order valence-electron chi connectivity index (χ2n) is 7.39. The van der Waals surface area contributed by atoms with E-state index >= 15 is 0 Å². The lowest BCUT2D eigenvalue weighted by molar-refractivity contribution is -0.133. The van der Waals surface area contributed by atoms with Gasteiger partial charge in [0.1, 0.15) is 18.2 Å². The van der Waals surface area contributed by atoms with E-state index in [1.807, 2.05) is 39.9 Å². The number of hydrogen-bond acceptors (Lipinski definition) is 3. The number of piperidine rings is 1. The lowest BCUT2D eigenvalue weighted by Crippen LogP contribution is -2.41. The van der Waals surface area contributed by atoms with E-state index in [1.54, 1.807) is 6.20 Å². The van der Waals surface area contributed by atoms with E-state index in [-0.39, 0.29) is 11.8 Å². The highest BCUT2D eigenvalue weighted by molar-refractivity contribution is 5.77. The van der Waals surface area contributed by atoms with Gasteiger partial charge >= 0.3 is 0 Å². The van der Waals surface area contributed by atoms with Gasteiger partial charge in [-0.25, -0.2) is 9.97 Å². The molecule has 4 rings (SSSR count). The Hall–Kier alpha value is -2.63. The Morgan fingerprint density at radius 2 is 2.19 bits per heavy atom. The molecule has 26 heavy (non-hydrogen) atoms. The van der Waals surface area contributed by atoms with Crippen LogP contribution in [0.15, 0.2) is 36.7 Å². The number of imidazole rings is 2. The molecule has 1 saturated heterocycles. The van der Waals surface area contributed by atoms with Gasteiger partial charge in [-0.2, -0.15) is 0 Å². The van der Waals surface area contributed by atoms with Crippen LogP contribution in [-0.4, -0.2) is 43.4 Å². The molecule has 3 heterocycles. The molecular formula is C20H25N5O. The van der Waals surface area contributed by atoms with Crippen molar-refractivity contribution in [2.24, 2.45) is 0 Å². The third-order valence-corrected chi connectivity index (χ3v) is 5.14. The molecule has 0 bridgehead atoms. The number of likely N-dealkylation sites (tertiary alicyclic amines) is 1. The van der Waals surface area contributed by atoms with Crippen LogP contribution in [0.1, 0.15) is 50.2 Å². The largest absolute Gasteiger partial charge is 0.342 e. The summed E-state index contributed by atoms with van der Waals surface area (Å²) in [5, 5.41) is 0. The van der Waals surface area contributed by atoms with Gasteiger partial charge in [0.15, 0.2) is 0 Å². The molecule has 1 unspecified atom stereocenters. The van der Waals surface area contributed by atoms with Crippen molar-refractivity contribution in [3.63, 3.8) is 0 Å². The Morgan fingerprint density at radius 3 is 3.00 bits per heavy atom. The van der Waals surface area contributed by atoms with Crippen molar-refractivity contribution in [3.05, 3.63) is 48.3 Å². The molecule has 1 fully saturated rings. The first kappa shape index (κ1) is 16.8. The number of carbonyl (C=O) groups excluding carboxylic acids is 1. The summed E-state index contributed by atoms with van der Waals surface area (Å²) in [7, 11) is 0. The summed E-state index contributed by atoms with van der Waals surface area (Å²) in [5.74, 6) is 2.69. The van der Waals surface area contributed by atoms with Crippen LogP contribution in [-0.2, 0) is 11.3 Å². The van der Waals surface area contributed by atoms with Gasteiger partial charge in [0.2, 0.25) is 5.91 Å². The number of aromatic nitrogens is 4. The maximum Gasteiger partial charge on any atom is 0.242 e. The van der Waals surface area contributed by atoms with Crippen LogP contribution in [0.3, 0.4) is 0 Å². The number of nitrogens with zero attached hydrogens (tertiary/aromatic N) is 4. The van der Waals surface area contributed by atoms with E-state index in [2.05, 4.69) is 23.8 Å². The Bertz CT molecular complexity index is 877. The molecule has 0 saturated carbocycles. The molecular weight excluding hydrogens is 326 g/mol. The monoisotopic (exact) mass is 351 g/mol. The van der Waals surface area contributed by atoms with Crippen LogP contribution in [0.25, 0.3) is 11.0 Å². The SMILES string of the molecule is CC(C)c1nccn1CC(=O)N1CCCC(c2nc3ccccc3[nH]2)C1. The molecule has 1 N–H and O–H groups in total. The van der Waals surface area contributed by atoms with Crippen molar-refractivity contribution >= 4 is 16.9 Å². The average molecular weight is 351 g/mol. The van der Waals surface area contributed by atoms with Crippen molar-refractivity contribution in [3.8, 4) is 0 Å². The zero-order valence-electron chi connectivity index (χ0n) is 15.4. The first-order chi connectivity index (χ1) is 12.6. The van der Waals surface area contributed by atoms with Gasteiger partial charge in [-0.05, 0) is 25.0 Å². The zero-order valence-corrected chi connectivity index (χ0v) is 15.4. The first-order valence-electron chi connectivity index (χ1n) is 9.35. The predicted molar refractivity (Wildman–Crippen MR) is 101 cm³/mol. The number of benzene rings is 1. The molecule has 136 valence electrons. The van der Waals surface area contributed by atoms with Crippen molar-refractivity contribution in [2.75, 3.05) is 13.1 Å². The number of amides is 1. The number of H-pyrrole nitrogens is 1. The number of rotatable bonds is 4. The van der Waals surface area contributed by atoms with Gasteiger partial charge < -0.3 is 14.5 Å². The minimum absolute atomic E-state index is 0.158. The molecule has 0 aliphatic carbocycles. The second kappa shape index (κ2) is 6.94. The summed E-state index contributed by atoms with van der Waals surface area (Å²) in [6, 6.07) is 8.08. The zero-order chi connectivity index (χ0) is 18.1. The Labute approximate surface area is 153 Å². The fourth-order valence-electron chi connectivity index (χ4n) is 3.79. The molecule has 1 aliphatic heterocycles. The summed E-state index contributed by atoms with van der Waals surface area (Å²) < 4.78 is 1.97.